The fourth-order valence-electron chi connectivity index (χ4n) is 4.55. The Morgan fingerprint density at radius 2 is 1.47 bits per heavy atom. The zero-order chi connectivity index (χ0) is 22.9. The van der Waals surface area contributed by atoms with Gasteiger partial charge in [0.2, 0.25) is 0 Å². The Morgan fingerprint density at radius 1 is 0.735 bits per heavy atom. The highest BCUT2D eigenvalue weighted by molar-refractivity contribution is 6.21. The van der Waals surface area contributed by atoms with Gasteiger partial charge in [-0.05, 0) is 48.6 Å². The quantitative estimate of drug-likeness (QED) is 0.279. The predicted molar refractivity (Wildman–Crippen MR) is 141 cm³/mol. The van der Waals surface area contributed by atoms with Gasteiger partial charge in [-0.1, -0.05) is 43.0 Å². The predicted octanol–water partition coefficient (Wildman–Crippen LogP) is 6.75. The lowest BCUT2D eigenvalue weighted by Gasteiger charge is -2.08. The van der Waals surface area contributed by atoms with Crippen LogP contribution in [0.15, 0.2) is 115 Å². The first kappa shape index (κ1) is 19.9. The molecule has 0 atom stereocenters. The maximum Gasteiger partial charge on any atom is 0.151 e. The van der Waals surface area contributed by atoms with Crippen molar-refractivity contribution in [3.63, 3.8) is 0 Å². The van der Waals surface area contributed by atoms with Crippen LogP contribution in [-0.2, 0) is 0 Å². The third kappa shape index (κ3) is 3.22. The highest BCUT2D eigenvalue weighted by atomic mass is 15.0. The summed E-state index contributed by atoms with van der Waals surface area (Å²) in [5.41, 5.74) is 5.51. The zero-order valence-electron chi connectivity index (χ0n) is 18.4. The zero-order valence-corrected chi connectivity index (χ0v) is 18.4. The third-order valence-electron chi connectivity index (χ3n) is 5.98. The minimum Gasteiger partial charge on any atom is -0.317 e. The number of benzene rings is 3. The van der Waals surface area contributed by atoms with Crippen molar-refractivity contribution in [3.05, 3.63) is 116 Å². The number of rotatable bonds is 5. The Hall–Kier alpha value is -4.77. The molecule has 0 unspecified atom stereocenters. The van der Waals surface area contributed by atoms with Gasteiger partial charge < -0.3 is 9.13 Å². The minimum absolute atomic E-state index is 0.627. The van der Waals surface area contributed by atoms with Gasteiger partial charge in [0.15, 0.2) is 5.82 Å². The molecule has 0 spiro atoms. The van der Waals surface area contributed by atoms with Crippen LogP contribution in [0.1, 0.15) is 5.82 Å². The number of para-hydroxylation sites is 2. The van der Waals surface area contributed by atoms with Crippen LogP contribution < -0.4 is 0 Å². The van der Waals surface area contributed by atoms with Crippen LogP contribution in [0.25, 0.3) is 50.2 Å². The molecule has 6 rings (SSSR count). The van der Waals surface area contributed by atoms with Crippen molar-refractivity contribution < 1.29 is 0 Å². The number of aliphatic imine (C=N–C) groups is 1. The molecular weight excluding hydrogens is 418 g/mol. The summed E-state index contributed by atoms with van der Waals surface area (Å²) in [7, 11) is 0. The highest BCUT2D eigenvalue weighted by Crippen LogP contribution is 2.37. The molecule has 0 aliphatic carbocycles. The van der Waals surface area contributed by atoms with Crippen LogP contribution in [0.4, 0.5) is 0 Å². The van der Waals surface area contributed by atoms with E-state index >= 15 is 0 Å². The van der Waals surface area contributed by atoms with Gasteiger partial charge in [0, 0.05) is 40.5 Å². The molecule has 5 nitrogen and oxygen atoms in total. The summed E-state index contributed by atoms with van der Waals surface area (Å²) in [5.74, 6) is 0.627. The summed E-state index contributed by atoms with van der Waals surface area (Å²) in [6.45, 7) is 3.56. The normalized spacial score (nSPS) is 12.0. The second kappa shape index (κ2) is 8.30. The van der Waals surface area contributed by atoms with E-state index < -0.39 is 0 Å². The minimum atomic E-state index is 0.627. The molecule has 6 aromatic rings. The van der Waals surface area contributed by atoms with Crippen LogP contribution in [0.3, 0.4) is 0 Å². The Kier molecular flexibility index (Phi) is 4.85. The SMILES string of the molecule is C=C/N=C\C=C\c1ncc(-n2c3ccccc3c3c4ccn(-c5ccccc5)c4ccc32)cn1. The van der Waals surface area contributed by atoms with Gasteiger partial charge in [0.1, 0.15) is 0 Å². The van der Waals surface area contributed by atoms with E-state index in [-0.39, 0.29) is 0 Å². The van der Waals surface area contributed by atoms with Crippen molar-refractivity contribution in [1.82, 2.24) is 19.1 Å². The topological polar surface area (TPSA) is 48.0 Å². The molecule has 3 aromatic heterocycles. The van der Waals surface area contributed by atoms with Crippen molar-refractivity contribution >= 4 is 45.0 Å². The molecule has 0 radical (unpaired) electrons. The molecule has 5 heteroatoms. The maximum absolute atomic E-state index is 4.54. The second-order valence-corrected chi connectivity index (χ2v) is 7.91. The molecular formula is C29H21N5. The summed E-state index contributed by atoms with van der Waals surface area (Å²) in [5, 5.41) is 3.66. The van der Waals surface area contributed by atoms with Gasteiger partial charge in [-0.15, -0.1) is 0 Å². The Balaban J connectivity index is 1.55. The van der Waals surface area contributed by atoms with Crippen LogP contribution in [-0.4, -0.2) is 25.3 Å². The van der Waals surface area contributed by atoms with Gasteiger partial charge in [0.05, 0.1) is 34.6 Å². The fourth-order valence-corrected chi connectivity index (χ4v) is 4.55. The number of allylic oxidation sites excluding steroid dienone is 1. The van der Waals surface area contributed by atoms with Crippen LogP contribution in [0, 0.1) is 0 Å². The number of hydrogen-bond acceptors (Lipinski definition) is 3. The van der Waals surface area contributed by atoms with Crippen molar-refractivity contribution in [2.75, 3.05) is 0 Å². The van der Waals surface area contributed by atoms with E-state index in [1.807, 2.05) is 24.5 Å². The van der Waals surface area contributed by atoms with E-state index in [1.165, 1.54) is 27.9 Å². The highest BCUT2D eigenvalue weighted by Gasteiger charge is 2.16. The number of nitrogens with zero attached hydrogens (tertiary/aromatic N) is 5. The summed E-state index contributed by atoms with van der Waals surface area (Å²) >= 11 is 0. The van der Waals surface area contributed by atoms with Crippen molar-refractivity contribution in [3.8, 4) is 11.4 Å². The Bertz CT molecular complexity index is 1700. The first-order chi connectivity index (χ1) is 16.8. The molecule has 3 aromatic carbocycles. The van der Waals surface area contributed by atoms with E-state index in [2.05, 4.69) is 104 Å². The van der Waals surface area contributed by atoms with Gasteiger partial charge in [-0.2, -0.15) is 0 Å². The van der Waals surface area contributed by atoms with Gasteiger partial charge in [-0.3, -0.25) is 4.99 Å². The van der Waals surface area contributed by atoms with Gasteiger partial charge >= 0.3 is 0 Å². The smallest absolute Gasteiger partial charge is 0.151 e. The molecule has 0 saturated heterocycles. The monoisotopic (exact) mass is 439 g/mol. The first-order valence-corrected chi connectivity index (χ1v) is 11.1. The fraction of sp³-hybridized carbons (Fsp3) is 0. The molecule has 0 N–H and O–H groups in total. The number of fused-ring (bicyclic) bond motifs is 5. The molecule has 0 aliphatic heterocycles. The lowest BCUT2D eigenvalue weighted by molar-refractivity contribution is 1.06. The van der Waals surface area contributed by atoms with Gasteiger partial charge in [0.25, 0.3) is 0 Å². The Labute approximate surface area is 196 Å². The third-order valence-corrected chi connectivity index (χ3v) is 5.98. The van der Waals surface area contributed by atoms with E-state index in [0.717, 1.165) is 22.4 Å². The van der Waals surface area contributed by atoms with Crippen molar-refractivity contribution in [2.45, 2.75) is 0 Å². The van der Waals surface area contributed by atoms with Crippen LogP contribution in [0.2, 0.25) is 0 Å². The van der Waals surface area contributed by atoms with E-state index in [1.54, 1.807) is 12.3 Å². The average Bonchev–Trinajstić information content (AvgIpc) is 3.47. The first-order valence-electron chi connectivity index (χ1n) is 11.1. The van der Waals surface area contributed by atoms with Crippen LogP contribution in [0.5, 0.6) is 0 Å². The largest absolute Gasteiger partial charge is 0.317 e. The summed E-state index contributed by atoms with van der Waals surface area (Å²) in [6, 6.07) is 25.5. The summed E-state index contributed by atoms with van der Waals surface area (Å²) in [6.07, 6.45) is 12.6. The van der Waals surface area contributed by atoms with Gasteiger partial charge in [-0.25, -0.2) is 9.97 Å². The molecule has 0 bridgehead atoms. The van der Waals surface area contributed by atoms with Crippen molar-refractivity contribution in [1.29, 1.82) is 0 Å². The lowest BCUT2D eigenvalue weighted by atomic mass is 10.1. The molecule has 0 fully saturated rings. The molecule has 0 saturated carbocycles. The molecule has 0 amide bonds. The number of hydrogen-bond donors (Lipinski definition) is 0. The number of aromatic nitrogens is 4. The van der Waals surface area contributed by atoms with Crippen LogP contribution >= 0.6 is 0 Å². The summed E-state index contributed by atoms with van der Waals surface area (Å²) < 4.78 is 4.47. The second-order valence-electron chi connectivity index (χ2n) is 7.91. The lowest BCUT2D eigenvalue weighted by Crippen LogP contribution is -1.97. The molecule has 34 heavy (non-hydrogen) atoms. The van der Waals surface area contributed by atoms with E-state index in [4.69, 9.17) is 0 Å². The maximum atomic E-state index is 4.54. The van der Waals surface area contributed by atoms with E-state index in [0.29, 0.717) is 5.82 Å². The molecule has 0 aliphatic rings. The average molecular weight is 440 g/mol. The van der Waals surface area contributed by atoms with E-state index in [9.17, 15) is 0 Å². The standard InChI is InChI=1S/C29H21N5/c1-2-30-17-8-13-28-31-19-22(20-32-28)34-26-12-7-6-11-23(26)29-24-16-18-33(21-9-4-3-5-10-21)25(24)14-15-27(29)34/h2-20H,1H2/b13-8+,30-17-. The van der Waals surface area contributed by atoms with Crippen molar-refractivity contribution in [2.24, 2.45) is 4.99 Å². The Morgan fingerprint density at radius 3 is 2.29 bits per heavy atom. The summed E-state index contributed by atoms with van der Waals surface area (Å²) in [4.78, 5) is 13.0. The molecule has 3 heterocycles. The molecule has 162 valence electrons.